The largest absolute Gasteiger partial charge is 0.332 e. The lowest BCUT2D eigenvalue weighted by Gasteiger charge is -2.17. The van der Waals surface area contributed by atoms with Gasteiger partial charge in [0.05, 0.1) is 6.54 Å². The predicted molar refractivity (Wildman–Crippen MR) is 92.6 cm³/mol. The van der Waals surface area contributed by atoms with Gasteiger partial charge < -0.3 is 10.2 Å². The maximum Gasteiger partial charge on any atom is 0.254 e. The van der Waals surface area contributed by atoms with Gasteiger partial charge in [0.25, 0.3) is 5.91 Å². The smallest absolute Gasteiger partial charge is 0.254 e. The lowest BCUT2D eigenvalue weighted by molar-refractivity contribution is -0.116. The highest BCUT2D eigenvalue weighted by atomic mass is 16.2. The zero-order valence-corrected chi connectivity index (χ0v) is 13.7. The lowest BCUT2D eigenvalue weighted by atomic mass is 10.0. The first-order valence-electron chi connectivity index (χ1n) is 7.67. The number of carbonyl (C=O) groups is 2. The third-order valence-electron chi connectivity index (χ3n) is 3.61. The molecule has 2 aromatic carbocycles. The minimum atomic E-state index is -0.217. The molecule has 1 N–H and O–H groups in total. The van der Waals surface area contributed by atoms with E-state index >= 15 is 0 Å². The van der Waals surface area contributed by atoms with Crippen molar-refractivity contribution >= 4 is 17.5 Å². The van der Waals surface area contributed by atoms with Crippen molar-refractivity contribution in [3.05, 3.63) is 65.7 Å². The molecule has 23 heavy (non-hydrogen) atoms. The van der Waals surface area contributed by atoms with E-state index in [0.717, 1.165) is 5.69 Å². The number of para-hydroxylation sites is 1. The van der Waals surface area contributed by atoms with Crippen LogP contribution in [0, 0.1) is 0 Å². The number of nitrogens with one attached hydrogen (secondary N) is 1. The van der Waals surface area contributed by atoms with E-state index in [4.69, 9.17) is 0 Å². The quantitative estimate of drug-likeness (QED) is 0.918. The van der Waals surface area contributed by atoms with Crippen LogP contribution in [0.5, 0.6) is 0 Å². The maximum absolute atomic E-state index is 12.4. The van der Waals surface area contributed by atoms with Crippen molar-refractivity contribution in [1.29, 1.82) is 0 Å². The monoisotopic (exact) mass is 310 g/mol. The molecule has 0 unspecified atom stereocenters. The Balaban J connectivity index is 1.95. The van der Waals surface area contributed by atoms with Crippen LogP contribution in [0.3, 0.4) is 0 Å². The van der Waals surface area contributed by atoms with Gasteiger partial charge in [0.2, 0.25) is 5.91 Å². The topological polar surface area (TPSA) is 49.4 Å². The van der Waals surface area contributed by atoms with E-state index in [1.807, 2.05) is 54.6 Å². The van der Waals surface area contributed by atoms with Gasteiger partial charge in [-0.3, -0.25) is 9.59 Å². The Kier molecular flexibility index (Phi) is 5.52. The van der Waals surface area contributed by atoms with Gasteiger partial charge in [-0.2, -0.15) is 0 Å². The van der Waals surface area contributed by atoms with E-state index in [1.54, 1.807) is 7.05 Å². The van der Waals surface area contributed by atoms with Gasteiger partial charge in [0.15, 0.2) is 0 Å². The summed E-state index contributed by atoms with van der Waals surface area (Å²) in [6.07, 6.45) is 0. The fraction of sp³-hybridized carbons (Fsp3) is 0.263. The molecule has 2 amide bonds. The molecule has 0 spiro atoms. The van der Waals surface area contributed by atoms with E-state index < -0.39 is 0 Å². The second-order valence-electron chi connectivity index (χ2n) is 5.85. The highest BCUT2D eigenvalue weighted by molar-refractivity contribution is 5.99. The van der Waals surface area contributed by atoms with Crippen LogP contribution in [0.2, 0.25) is 0 Å². The van der Waals surface area contributed by atoms with Gasteiger partial charge in [-0.05, 0) is 35.7 Å². The van der Waals surface area contributed by atoms with Crippen molar-refractivity contribution in [3.63, 3.8) is 0 Å². The Bertz CT molecular complexity index is 664. The first kappa shape index (κ1) is 16.7. The van der Waals surface area contributed by atoms with E-state index in [1.165, 1.54) is 10.5 Å². The fourth-order valence-electron chi connectivity index (χ4n) is 2.24. The van der Waals surface area contributed by atoms with Crippen LogP contribution in [0.1, 0.15) is 35.7 Å². The van der Waals surface area contributed by atoms with Crippen molar-refractivity contribution in [2.45, 2.75) is 19.8 Å². The number of benzene rings is 2. The number of hydrogen-bond acceptors (Lipinski definition) is 2. The minimum absolute atomic E-state index is 0.0136. The molecule has 0 radical (unpaired) electrons. The number of likely N-dealkylation sites (N-methyl/N-ethyl adjacent to an activating group) is 1. The summed E-state index contributed by atoms with van der Waals surface area (Å²) in [6, 6.07) is 16.7. The Labute approximate surface area is 137 Å². The second-order valence-corrected chi connectivity index (χ2v) is 5.85. The molecule has 0 aliphatic carbocycles. The van der Waals surface area contributed by atoms with Crippen molar-refractivity contribution in [2.24, 2.45) is 0 Å². The van der Waals surface area contributed by atoms with Crippen LogP contribution < -0.4 is 5.32 Å². The van der Waals surface area contributed by atoms with E-state index in [2.05, 4.69) is 19.2 Å². The molecule has 0 saturated heterocycles. The average molecular weight is 310 g/mol. The predicted octanol–water partition coefficient (Wildman–Crippen LogP) is 3.52. The lowest BCUT2D eigenvalue weighted by Crippen LogP contribution is -2.34. The zero-order valence-electron chi connectivity index (χ0n) is 13.7. The fourth-order valence-corrected chi connectivity index (χ4v) is 2.24. The molecule has 2 rings (SSSR count). The zero-order chi connectivity index (χ0) is 16.8. The molecular weight excluding hydrogens is 288 g/mol. The molecule has 0 saturated carbocycles. The Morgan fingerprint density at radius 1 is 1.00 bits per heavy atom. The number of nitrogens with zero attached hydrogens (tertiary/aromatic N) is 1. The molecule has 4 nitrogen and oxygen atoms in total. The summed E-state index contributed by atoms with van der Waals surface area (Å²) in [5, 5.41) is 2.77. The molecule has 0 aliphatic rings. The second kappa shape index (κ2) is 7.58. The number of carbonyl (C=O) groups excluding carboxylic acids is 2. The highest BCUT2D eigenvalue weighted by Crippen LogP contribution is 2.15. The van der Waals surface area contributed by atoms with Crippen LogP contribution in [0.4, 0.5) is 5.69 Å². The number of amides is 2. The van der Waals surface area contributed by atoms with E-state index in [0.29, 0.717) is 11.5 Å². The molecule has 0 heterocycles. The van der Waals surface area contributed by atoms with E-state index in [-0.39, 0.29) is 18.4 Å². The van der Waals surface area contributed by atoms with Crippen molar-refractivity contribution < 1.29 is 9.59 Å². The van der Waals surface area contributed by atoms with E-state index in [9.17, 15) is 9.59 Å². The molecule has 0 aliphatic heterocycles. The molecule has 0 aromatic heterocycles. The van der Waals surface area contributed by atoms with Gasteiger partial charge >= 0.3 is 0 Å². The Hall–Kier alpha value is -2.62. The van der Waals surface area contributed by atoms with Crippen LogP contribution in [-0.4, -0.2) is 30.3 Å². The number of hydrogen-bond donors (Lipinski definition) is 1. The van der Waals surface area contributed by atoms with Gasteiger partial charge in [-0.25, -0.2) is 0 Å². The SMILES string of the molecule is CC(C)c1ccc(C(=O)N(C)CC(=O)Nc2ccccc2)cc1. The van der Waals surface area contributed by atoms with Gasteiger partial charge in [0, 0.05) is 18.3 Å². The standard InChI is InChI=1S/C19H22N2O2/c1-14(2)15-9-11-16(12-10-15)19(23)21(3)13-18(22)20-17-7-5-4-6-8-17/h4-12,14H,13H2,1-3H3,(H,20,22). The number of rotatable bonds is 5. The van der Waals surface area contributed by atoms with Crippen molar-refractivity contribution in [2.75, 3.05) is 18.9 Å². The third-order valence-corrected chi connectivity index (χ3v) is 3.61. The van der Waals surface area contributed by atoms with Crippen LogP contribution in [-0.2, 0) is 4.79 Å². The molecule has 0 fully saturated rings. The summed E-state index contributed by atoms with van der Waals surface area (Å²) in [5.41, 5.74) is 2.50. The first-order chi connectivity index (χ1) is 11.0. The molecule has 4 heteroatoms. The molecular formula is C19H22N2O2. The van der Waals surface area contributed by atoms with Crippen molar-refractivity contribution in [1.82, 2.24) is 4.90 Å². The number of anilines is 1. The highest BCUT2D eigenvalue weighted by Gasteiger charge is 2.15. The summed E-state index contributed by atoms with van der Waals surface area (Å²) >= 11 is 0. The Morgan fingerprint density at radius 3 is 2.17 bits per heavy atom. The summed E-state index contributed by atoms with van der Waals surface area (Å²) in [4.78, 5) is 25.8. The Morgan fingerprint density at radius 2 is 1.61 bits per heavy atom. The van der Waals surface area contributed by atoms with Gasteiger partial charge in [-0.15, -0.1) is 0 Å². The molecule has 120 valence electrons. The average Bonchev–Trinajstić information content (AvgIpc) is 2.55. The summed E-state index contributed by atoms with van der Waals surface area (Å²) in [6.45, 7) is 4.23. The summed E-state index contributed by atoms with van der Waals surface area (Å²) < 4.78 is 0. The van der Waals surface area contributed by atoms with Gasteiger partial charge in [0.1, 0.15) is 0 Å². The summed E-state index contributed by atoms with van der Waals surface area (Å²) in [7, 11) is 1.63. The normalized spacial score (nSPS) is 10.4. The minimum Gasteiger partial charge on any atom is -0.332 e. The molecule has 0 bridgehead atoms. The van der Waals surface area contributed by atoms with Crippen LogP contribution in [0.15, 0.2) is 54.6 Å². The molecule has 2 aromatic rings. The third kappa shape index (κ3) is 4.68. The molecule has 0 atom stereocenters. The van der Waals surface area contributed by atoms with Gasteiger partial charge in [-0.1, -0.05) is 44.2 Å². The maximum atomic E-state index is 12.4. The van der Waals surface area contributed by atoms with Crippen LogP contribution >= 0.6 is 0 Å². The van der Waals surface area contributed by atoms with Crippen LogP contribution in [0.25, 0.3) is 0 Å². The summed E-state index contributed by atoms with van der Waals surface area (Å²) in [5.74, 6) is 0.0444. The first-order valence-corrected chi connectivity index (χ1v) is 7.67. The van der Waals surface area contributed by atoms with Crippen molar-refractivity contribution in [3.8, 4) is 0 Å².